The van der Waals surface area contributed by atoms with Crippen LogP contribution in [0.2, 0.25) is 0 Å². The van der Waals surface area contributed by atoms with E-state index in [1.807, 2.05) is 13.0 Å². The zero-order valence-electron chi connectivity index (χ0n) is 12.7. The fraction of sp³-hybridized carbons (Fsp3) is 0.588. The molecule has 3 heteroatoms. The minimum Gasteiger partial charge on any atom is -0.466 e. The second-order valence-corrected chi connectivity index (χ2v) is 5.13. The monoisotopic (exact) mass is 277 g/mol. The van der Waals surface area contributed by atoms with Crippen LogP contribution in [0.5, 0.6) is 0 Å². The van der Waals surface area contributed by atoms with Gasteiger partial charge in [0.2, 0.25) is 0 Å². The van der Waals surface area contributed by atoms with Gasteiger partial charge in [-0.05, 0) is 37.8 Å². The summed E-state index contributed by atoms with van der Waals surface area (Å²) in [7, 11) is 0. The quantitative estimate of drug-likeness (QED) is 0.525. The van der Waals surface area contributed by atoms with Gasteiger partial charge in [-0.1, -0.05) is 43.7 Å². The fourth-order valence-corrected chi connectivity index (χ4v) is 2.15. The average Bonchev–Trinajstić information content (AvgIpc) is 2.47. The molecule has 0 bridgehead atoms. The van der Waals surface area contributed by atoms with Gasteiger partial charge in [-0.15, -0.1) is 0 Å². The number of nitrogens with one attached hydrogen (secondary N) is 1. The minimum absolute atomic E-state index is 0.0711. The molecule has 1 aromatic carbocycles. The Labute approximate surface area is 122 Å². The van der Waals surface area contributed by atoms with E-state index in [0.29, 0.717) is 18.9 Å². The predicted octanol–water partition coefficient (Wildman–Crippen LogP) is 3.50. The van der Waals surface area contributed by atoms with E-state index in [4.69, 9.17) is 4.74 Å². The van der Waals surface area contributed by atoms with E-state index in [9.17, 15) is 4.79 Å². The van der Waals surface area contributed by atoms with Gasteiger partial charge in [0.15, 0.2) is 0 Å². The van der Waals surface area contributed by atoms with Crippen molar-refractivity contribution in [2.24, 2.45) is 0 Å². The van der Waals surface area contributed by atoms with E-state index in [2.05, 4.69) is 36.5 Å². The van der Waals surface area contributed by atoms with Crippen LogP contribution in [0.25, 0.3) is 0 Å². The van der Waals surface area contributed by atoms with Gasteiger partial charge in [0.1, 0.15) is 0 Å². The highest BCUT2D eigenvalue weighted by Crippen LogP contribution is 2.12. The zero-order valence-corrected chi connectivity index (χ0v) is 12.7. The van der Waals surface area contributed by atoms with Gasteiger partial charge in [-0.25, -0.2) is 0 Å². The first kappa shape index (κ1) is 16.7. The van der Waals surface area contributed by atoms with E-state index in [1.54, 1.807) is 0 Å². The molecule has 20 heavy (non-hydrogen) atoms. The highest BCUT2D eigenvalue weighted by Gasteiger charge is 2.04. The van der Waals surface area contributed by atoms with Crippen LogP contribution in [0.3, 0.4) is 0 Å². The van der Waals surface area contributed by atoms with Crippen LogP contribution in [0, 0.1) is 0 Å². The molecule has 1 N–H and O–H groups in total. The van der Waals surface area contributed by atoms with Crippen molar-refractivity contribution in [3.8, 4) is 0 Å². The highest BCUT2D eigenvalue weighted by atomic mass is 16.5. The maximum Gasteiger partial charge on any atom is 0.305 e. The Balaban J connectivity index is 1.98. The highest BCUT2D eigenvalue weighted by molar-refractivity contribution is 5.69. The molecule has 0 aliphatic carbocycles. The summed E-state index contributed by atoms with van der Waals surface area (Å²) >= 11 is 0. The van der Waals surface area contributed by atoms with Crippen molar-refractivity contribution >= 4 is 5.97 Å². The topological polar surface area (TPSA) is 38.3 Å². The summed E-state index contributed by atoms with van der Waals surface area (Å²) in [5.41, 5.74) is 1.38. The van der Waals surface area contributed by atoms with Crippen LogP contribution < -0.4 is 5.32 Å². The third kappa shape index (κ3) is 7.29. The van der Waals surface area contributed by atoms with Gasteiger partial charge in [0.25, 0.3) is 0 Å². The summed E-state index contributed by atoms with van der Waals surface area (Å²) < 4.78 is 4.90. The molecule has 0 radical (unpaired) electrons. The molecular formula is C17H27NO2. The smallest absolute Gasteiger partial charge is 0.305 e. The Morgan fingerprint density at radius 1 is 1.20 bits per heavy atom. The molecule has 0 amide bonds. The Morgan fingerprint density at radius 3 is 2.65 bits per heavy atom. The number of carbonyl (C=O) groups is 1. The van der Waals surface area contributed by atoms with Crippen molar-refractivity contribution < 1.29 is 9.53 Å². The molecule has 1 unspecified atom stereocenters. The third-order valence-electron chi connectivity index (χ3n) is 3.36. The molecule has 1 aromatic rings. The molecule has 3 nitrogen and oxygen atoms in total. The number of esters is 1. The molecule has 0 heterocycles. The van der Waals surface area contributed by atoms with E-state index < -0.39 is 0 Å². The summed E-state index contributed by atoms with van der Waals surface area (Å²) in [5.74, 6) is 0.467. The molecule has 0 aliphatic rings. The number of benzene rings is 1. The SMILES string of the molecule is CCOC(=O)CCCCCNCC(C)c1ccccc1. The number of unbranched alkanes of at least 4 members (excludes halogenated alkanes) is 2. The van der Waals surface area contributed by atoms with Gasteiger partial charge < -0.3 is 10.1 Å². The van der Waals surface area contributed by atoms with Crippen molar-refractivity contribution in [3.63, 3.8) is 0 Å². The van der Waals surface area contributed by atoms with Crippen LogP contribution in [-0.2, 0) is 9.53 Å². The maximum absolute atomic E-state index is 11.1. The average molecular weight is 277 g/mol. The summed E-state index contributed by atoms with van der Waals surface area (Å²) in [5, 5.41) is 3.48. The number of hydrogen-bond donors (Lipinski definition) is 1. The summed E-state index contributed by atoms with van der Waals surface area (Å²) in [6, 6.07) is 10.6. The first-order valence-corrected chi connectivity index (χ1v) is 7.65. The second-order valence-electron chi connectivity index (χ2n) is 5.13. The lowest BCUT2D eigenvalue weighted by molar-refractivity contribution is -0.143. The molecule has 0 saturated heterocycles. The summed E-state index contributed by atoms with van der Waals surface area (Å²) in [6.45, 7) is 6.58. The van der Waals surface area contributed by atoms with Crippen molar-refractivity contribution in [1.82, 2.24) is 5.32 Å². The van der Waals surface area contributed by atoms with Crippen LogP contribution in [0.1, 0.15) is 51.0 Å². The summed E-state index contributed by atoms with van der Waals surface area (Å²) in [6.07, 6.45) is 3.66. The molecule has 0 aliphatic heterocycles. The predicted molar refractivity (Wildman–Crippen MR) is 82.8 cm³/mol. The second kappa shape index (κ2) is 10.4. The number of hydrogen-bond acceptors (Lipinski definition) is 3. The van der Waals surface area contributed by atoms with Crippen molar-refractivity contribution in [1.29, 1.82) is 0 Å². The van der Waals surface area contributed by atoms with Crippen LogP contribution in [-0.4, -0.2) is 25.7 Å². The lowest BCUT2D eigenvalue weighted by Gasteiger charge is -2.12. The Kier molecular flexibility index (Phi) is 8.72. The Morgan fingerprint density at radius 2 is 1.95 bits per heavy atom. The molecule has 0 saturated carbocycles. The first-order chi connectivity index (χ1) is 9.74. The largest absolute Gasteiger partial charge is 0.466 e. The van der Waals surface area contributed by atoms with Gasteiger partial charge >= 0.3 is 5.97 Å². The van der Waals surface area contributed by atoms with Crippen LogP contribution in [0.15, 0.2) is 30.3 Å². The maximum atomic E-state index is 11.1. The molecule has 0 aromatic heterocycles. The van der Waals surface area contributed by atoms with E-state index in [-0.39, 0.29) is 5.97 Å². The van der Waals surface area contributed by atoms with E-state index in [0.717, 1.165) is 32.4 Å². The fourth-order valence-electron chi connectivity index (χ4n) is 2.15. The molecule has 1 atom stereocenters. The van der Waals surface area contributed by atoms with E-state index >= 15 is 0 Å². The van der Waals surface area contributed by atoms with Gasteiger partial charge in [-0.2, -0.15) is 0 Å². The number of ether oxygens (including phenoxy) is 1. The normalized spacial score (nSPS) is 12.1. The lowest BCUT2D eigenvalue weighted by Crippen LogP contribution is -2.21. The zero-order chi connectivity index (χ0) is 14.6. The van der Waals surface area contributed by atoms with Gasteiger partial charge in [0.05, 0.1) is 6.61 Å². The van der Waals surface area contributed by atoms with Gasteiger partial charge in [-0.3, -0.25) is 4.79 Å². The minimum atomic E-state index is -0.0711. The summed E-state index contributed by atoms with van der Waals surface area (Å²) in [4.78, 5) is 11.1. The number of rotatable bonds is 10. The molecule has 0 spiro atoms. The first-order valence-electron chi connectivity index (χ1n) is 7.65. The lowest BCUT2D eigenvalue weighted by atomic mass is 10.0. The van der Waals surface area contributed by atoms with Crippen molar-refractivity contribution in [2.75, 3.05) is 19.7 Å². The Hall–Kier alpha value is -1.35. The Bertz CT molecular complexity index is 365. The molecule has 112 valence electrons. The van der Waals surface area contributed by atoms with Crippen molar-refractivity contribution in [3.05, 3.63) is 35.9 Å². The van der Waals surface area contributed by atoms with Gasteiger partial charge in [0, 0.05) is 13.0 Å². The number of carbonyl (C=O) groups excluding carboxylic acids is 1. The van der Waals surface area contributed by atoms with Crippen molar-refractivity contribution in [2.45, 2.75) is 45.4 Å². The molecular weight excluding hydrogens is 250 g/mol. The van der Waals surface area contributed by atoms with E-state index in [1.165, 1.54) is 5.56 Å². The van der Waals surface area contributed by atoms with Crippen LogP contribution >= 0.6 is 0 Å². The molecule has 0 fully saturated rings. The standard InChI is InChI=1S/C17H27NO2/c1-3-20-17(19)12-8-5-9-13-18-14-15(2)16-10-6-4-7-11-16/h4,6-7,10-11,15,18H,3,5,8-9,12-14H2,1-2H3. The third-order valence-corrected chi connectivity index (χ3v) is 3.36. The van der Waals surface area contributed by atoms with Crippen LogP contribution in [0.4, 0.5) is 0 Å². The molecule has 1 rings (SSSR count).